The Kier molecular flexibility index (Phi) is 3.88. The molecule has 0 aliphatic heterocycles. The topological polar surface area (TPSA) is 107 Å². The van der Waals surface area contributed by atoms with Gasteiger partial charge in [-0.1, -0.05) is 41.7 Å². The lowest BCUT2D eigenvalue weighted by Crippen LogP contribution is -2.28. The van der Waals surface area contributed by atoms with Gasteiger partial charge < -0.3 is 15.8 Å². The average Bonchev–Trinajstić information content (AvgIpc) is 3.05. The number of aromatic nitrogens is 4. The van der Waals surface area contributed by atoms with Crippen LogP contribution in [-0.4, -0.2) is 25.9 Å². The van der Waals surface area contributed by atoms with Gasteiger partial charge in [0, 0.05) is 0 Å². The van der Waals surface area contributed by atoms with Crippen LogP contribution in [0.5, 0.6) is 0 Å². The summed E-state index contributed by atoms with van der Waals surface area (Å²) in [6, 6.07) is 9.05. The summed E-state index contributed by atoms with van der Waals surface area (Å²) in [7, 11) is 0. The molecule has 0 bridgehead atoms. The molecule has 114 valence electrons. The molecule has 0 spiro atoms. The summed E-state index contributed by atoms with van der Waals surface area (Å²) in [6.07, 6.45) is -0.531. The normalized spacial score (nSPS) is 12.2. The fourth-order valence-electron chi connectivity index (χ4n) is 1.92. The highest BCUT2D eigenvalue weighted by Gasteiger charge is 2.19. The van der Waals surface area contributed by atoms with Crippen molar-refractivity contribution < 1.29 is 9.53 Å². The number of nitrogens with two attached hydrogens (primary N) is 1. The summed E-state index contributed by atoms with van der Waals surface area (Å²) in [5, 5.41) is 15.1. The second-order valence-electron chi connectivity index (χ2n) is 4.62. The highest BCUT2D eigenvalue weighted by atomic mass is 32.1. The van der Waals surface area contributed by atoms with Gasteiger partial charge in [-0.2, -0.15) is 4.52 Å². The molecule has 2 aromatic heterocycles. The van der Waals surface area contributed by atoms with Crippen LogP contribution in [0.2, 0.25) is 0 Å². The lowest BCUT2D eigenvalue weighted by atomic mass is 10.2. The largest absolute Gasteiger partial charge is 0.445 e. The Morgan fingerprint density at radius 1 is 1.41 bits per heavy atom. The molecule has 22 heavy (non-hydrogen) atoms. The monoisotopic (exact) mass is 318 g/mol. The van der Waals surface area contributed by atoms with E-state index >= 15 is 0 Å². The van der Waals surface area contributed by atoms with Gasteiger partial charge >= 0.3 is 6.09 Å². The van der Waals surface area contributed by atoms with Crippen LogP contribution in [-0.2, 0) is 11.3 Å². The fraction of sp³-hybridized carbons (Fsp3) is 0.231. The number of hydrogen-bond acceptors (Lipinski definition) is 7. The minimum Gasteiger partial charge on any atom is -0.445 e. The maximum Gasteiger partial charge on any atom is 0.408 e. The van der Waals surface area contributed by atoms with Gasteiger partial charge in [-0.3, -0.25) is 0 Å². The zero-order valence-electron chi connectivity index (χ0n) is 11.8. The van der Waals surface area contributed by atoms with Gasteiger partial charge in [0.15, 0.2) is 5.82 Å². The van der Waals surface area contributed by atoms with E-state index in [4.69, 9.17) is 10.5 Å². The van der Waals surface area contributed by atoms with Crippen molar-refractivity contribution in [1.82, 2.24) is 25.1 Å². The molecule has 0 aliphatic rings. The second kappa shape index (κ2) is 5.98. The fourth-order valence-corrected chi connectivity index (χ4v) is 2.54. The van der Waals surface area contributed by atoms with Crippen LogP contribution in [0, 0.1) is 0 Å². The van der Waals surface area contributed by atoms with Crippen molar-refractivity contribution in [2.75, 3.05) is 5.73 Å². The van der Waals surface area contributed by atoms with Crippen LogP contribution in [0.25, 0.3) is 4.96 Å². The Bertz CT molecular complexity index is 784. The Balaban J connectivity index is 1.61. The Hall–Kier alpha value is -2.68. The summed E-state index contributed by atoms with van der Waals surface area (Å²) in [5.41, 5.74) is 6.54. The molecular formula is C13H14N6O2S. The van der Waals surface area contributed by atoms with Crippen molar-refractivity contribution in [2.24, 2.45) is 0 Å². The molecular weight excluding hydrogens is 304 g/mol. The van der Waals surface area contributed by atoms with Gasteiger partial charge in [0.05, 0.1) is 6.04 Å². The SMILES string of the molecule is C[C@@H](NC(=O)OCc1ccccc1)c1nnc2sc(N)nn12. The number of alkyl carbamates (subject to hydrolysis) is 1. The van der Waals surface area contributed by atoms with Crippen LogP contribution >= 0.6 is 11.3 Å². The molecule has 2 heterocycles. The van der Waals surface area contributed by atoms with Gasteiger partial charge in [0.2, 0.25) is 10.1 Å². The lowest BCUT2D eigenvalue weighted by Gasteiger charge is -2.11. The molecule has 1 atom stereocenters. The molecule has 0 unspecified atom stereocenters. The van der Waals surface area contributed by atoms with Crippen molar-refractivity contribution >= 4 is 27.5 Å². The van der Waals surface area contributed by atoms with Gasteiger partial charge in [-0.25, -0.2) is 4.79 Å². The molecule has 3 rings (SSSR count). The van der Waals surface area contributed by atoms with Crippen LogP contribution in [0.4, 0.5) is 9.93 Å². The van der Waals surface area contributed by atoms with E-state index in [9.17, 15) is 4.79 Å². The maximum absolute atomic E-state index is 11.8. The lowest BCUT2D eigenvalue weighted by molar-refractivity contribution is 0.136. The number of nitrogens with zero attached hydrogens (tertiary/aromatic N) is 4. The quantitative estimate of drug-likeness (QED) is 0.759. The van der Waals surface area contributed by atoms with Crippen LogP contribution < -0.4 is 11.1 Å². The number of carbonyl (C=O) groups excluding carboxylic acids is 1. The highest BCUT2D eigenvalue weighted by Crippen LogP contribution is 2.18. The minimum atomic E-state index is -0.531. The van der Waals surface area contributed by atoms with Crippen molar-refractivity contribution in [1.29, 1.82) is 0 Å². The molecule has 1 aromatic carbocycles. The standard InChI is InChI=1S/C13H14N6O2S/c1-8(10-16-17-12-19(10)18-11(14)22-12)15-13(20)21-7-9-5-3-2-4-6-9/h2-6,8H,7H2,1H3,(H2,14,18)(H,15,20)/t8-/m1/s1. The van der Waals surface area contributed by atoms with E-state index < -0.39 is 12.1 Å². The number of rotatable bonds is 4. The second-order valence-corrected chi connectivity index (χ2v) is 5.61. The summed E-state index contributed by atoms with van der Waals surface area (Å²) >= 11 is 1.23. The van der Waals surface area contributed by atoms with Gasteiger partial charge in [0.25, 0.3) is 0 Å². The van der Waals surface area contributed by atoms with Crippen molar-refractivity contribution in [3.8, 4) is 0 Å². The third-order valence-electron chi connectivity index (χ3n) is 2.97. The summed E-state index contributed by atoms with van der Waals surface area (Å²) < 4.78 is 6.68. The van der Waals surface area contributed by atoms with Crippen LogP contribution in [0.3, 0.4) is 0 Å². The molecule has 1 amide bonds. The zero-order valence-corrected chi connectivity index (χ0v) is 12.6. The zero-order chi connectivity index (χ0) is 15.5. The first-order valence-electron chi connectivity index (χ1n) is 6.58. The highest BCUT2D eigenvalue weighted by molar-refractivity contribution is 7.20. The van der Waals surface area contributed by atoms with Crippen molar-refractivity contribution in [3.63, 3.8) is 0 Å². The van der Waals surface area contributed by atoms with Gasteiger partial charge in [-0.05, 0) is 12.5 Å². The smallest absolute Gasteiger partial charge is 0.408 e. The average molecular weight is 318 g/mol. The number of nitrogens with one attached hydrogen (secondary N) is 1. The molecule has 0 aliphatic carbocycles. The Labute approximate surface area is 129 Å². The van der Waals surface area contributed by atoms with Crippen molar-refractivity contribution in [2.45, 2.75) is 19.6 Å². The maximum atomic E-state index is 11.8. The first-order valence-corrected chi connectivity index (χ1v) is 7.40. The molecule has 3 N–H and O–H groups in total. The molecule has 3 aromatic rings. The summed E-state index contributed by atoms with van der Waals surface area (Å²) in [6.45, 7) is 1.98. The molecule has 0 radical (unpaired) electrons. The number of anilines is 1. The number of amides is 1. The number of carbonyl (C=O) groups is 1. The van der Waals surface area contributed by atoms with Crippen LogP contribution in [0.15, 0.2) is 30.3 Å². The van der Waals surface area contributed by atoms with E-state index in [2.05, 4.69) is 20.6 Å². The van der Waals surface area contributed by atoms with E-state index in [0.717, 1.165) is 5.56 Å². The molecule has 8 nitrogen and oxygen atoms in total. The van der Waals surface area contributed by atoms with E-state index in [0.29, 0.717) is 15.9 Å². The number of fused-ring (bicyclic) bond motifs is 1. The van der Waals surface area contributed by atoms with E-state index in [1.54, 1.807) is 6.92 Å². The van der Waals surface area contributed by atoms with E-state index in [1.165, 1.54) is 15.9 Å². The number of hydrogen-bond donors (Lipinski definition) is 2. The van der Waals surface area contributed by atoms with Crippen molar-refractivity contribution in [3.05, 3.63) is 41.7 Å². The number of benzene rings is 1. The molecule has 0 saturated heterocycles. The molecule has 0 saturated carbocycles. The molecule has 9 heteroatoms. The van der Waals surface area contributed by atoms with Crippen LogP contribution in [0.1, 0.15) is 24.4 Å². The third-order valence-corrected chi connectivity index (χ3v) is 3.69. The first-order chi connectivity index (χ1) is 10.6. The van der Waals surface area contributed by atoms with E-state index in [1.807, 2.05) is 30.3 Å². The Morgan fingerprint density at radius 2 is 2.18 bits per heavy atom. The van der Waals surface area contributed by atoms with Gasteiger partial charge in [0.1, 0.15) is 6.61 Å². The summed E-state index contributed by atoms with van der Waals surface area (Å²) in [5.74, 6) is 0.500. The molecule has 0 fully saturated rings. The van der Waals surface area contributed by atoms with E-state index in [-0.39, 0.29) is 6.61 Å². The number of nitrogen functional groups attached to an aromatic ring is 1. The minimum absolute atomic E-state index is 0.207. The first kappa shape index (κ1) is 14.3. The Morgan fingerprint density at radius 3 is 2.95 bits per heavy atom. The number of ether oxygens (including phenoxy) is 1. The predicted octanol–water partition coefficient (Wildman–Crippen LogP) is 1.76. The predicted molar refractivity (Wildman–Crippen MR) is 81.2 cm³/mol. The summed E-state index contributed by atoms with van der Waals surface area (Å²) in [4.78, 5) is 12.4. The third kappa shape index (κ3) is 2.98. The van der Waals surface area contributed by atoms with Gasteiger partial charge in [-0.15, -0.1) is 15.3 Å².